The maximum atomic E-state index is 13.9. The third-order valence-corrected chi connectivity index (χ3v) is 8.60. The summed E-state index contributed by atoms with van der Waals surface area (Å²) in [5.74, 6) is -0.341. The Morgan fingerprint density at radius 2 is 1.72 bits per heavy atom. The Hall–Kier alpha value is -5.17. The van der Waals surface area contributed by atoms with Crippen molar-refractivity contribution in [3.63, 3.8) is 0 Å². The molecule has 4 rings (SSSR count). The number of rotatable bonds is 11. The van der Waals surface area contributed by atoms with Gasteiger partial charge in [0.1, 0.15) is 18.0 Å². The van der Waals surface area contributed by atoms with Crippen LogP contribution in [0, 0.1) is 30.9 Å². The van der Waals surface area contributed by atoms with Gasteiger partial charge in [-0.2, -0.15) is 5.10 Å². The van der Waals surface area contributed by atoms with Gasteiger partial charge >= 0.3 is 0 Å². The minimum absolute atomic E-state index is 0.0256. The molecule has 0 radical (unpaired) electrons. The number of ether oxygens (including phenoxy) is 2. The Morgan fingerprint density at radius 1 is 1.02 bits per heavy atom. The number of nitro benzene ring substituents is 1. The SMILES string of the molecule is COc1ccc(N(CC(=O)NN=Cc2cc(C)n(-c3ccccc3C)c2C)S(=O)(=O)c2ccccc2[N+](=O)[O-])c(OC)c1. The number of nitrogens with zero attached hydrogens (tertiary/aromatic N) is 4. The molecular formula is C30H31N5O7S. The summed E-state index contributed by atoms with van der Waals surface area (Å²) in [7, 11) is -1.89. The molecule has 3 aromatic carbocycles. The fourth-order valence-corrected chi connectivity index (χ4v) is 6.27. The number of nitro groups is 1. The van der Waals surface area contributed by atoms with Crippen LogP contribution in [0.2, 0.25) is 0 Å². The van der Waals surface area contributed by atoms with Crippen LogP contribution in [0.1, 0.15) is 22.5 Å². The van der Waals surface area contributed by atoms with Gasteiger partial charge in [-0.15, -0.1) is 0 Å². The second-order valence-corrected chi connectivity index (χ2v) is 11.3. The van der Waals surface area contributed by atoms with E-state index in [2.05, 4.69) is 15.1 Å². The van der Waals surface area contributed by atoms with Crippen LogP contribution in [0.3, 0.4) is 0 Å². The Balaban J connectivity index is 1.66. The van der Waals surface area contributed by atoms with E-state index in [4.69, 9.17) is 9.47 Å². The molecule has 12 nitrogen and oxygen atoms in total. The van der Waals surface area contributed by atoms with Crippen LogP contribution in [-0.2, 0) is 14.8 Å². The number of anilines is 1. The van der Waals surface area contributed by atoms with Gasteiger partial charge < -0.3 is 14.0 Å². The van der Waals surface area contributed by atoms with E-state index in [-0.39, 0.29) is 11.4 Å². The Bertz CT molecular complexity index is 1820. The van der Waals surface area contributed by atoms with E-state index in [0.717, 1.165) is 44.6 Å². The largest absolute Gasteiger partial charge is 0.497 e. The lowest BCUT2D eigenvalue weighted by Crippen LogP contribution is -2.40. The number of sulfonamides is 1. The van der Waals surface area contributed by atoms with Crippen LogP contribution in [0.25, 0.3) is 5.69 Å². The van der Waals surface area contributed by atoms with Gasteiger partial charge in [-0.05, 0) is 56.7 Å². The predicted molar refractivity (Wildman–Crippen MR) is 163 cm³/mol. The maximum Gasteiger partial charge on any atom is 0.289 e. The number of carbonyl (C=O) groups is 1. The first-order chi connectivity index (χ1) is 20.5. The summed E-state index contributed by atoms with van der Waals surface area (Å²) in [5.41, 5.74) is 6.44. The highest BCUT2D eigenvalue weighted by Gasteiger charge is 2.34. The van der Waals surface area contributed by atoms with Gasteiger partial charge in [-0.25, -0.2) is 13.8 Å². The van der Waals surface area contributed by atoms with Gasteiger partial charge in [0.2, 0.25) is 0 Å². The Labute approximate surface area is 249 Å². The van der Waals surface area contributed by atoms with Gasteiger partial charge in [-0.3, -0.25) is 19.2 Å². The first kappa shape index (κ1) is 30.8. The summed E-state index contributed by atoms with van der Waals surface area (Å²) < 4.78 is 41.2. The number of hydrogen-bond donors (Lipinski definition) is 1. The second-order valence-electron chi connectivity index (χ2n) is 9.52. The smallest absolute Gasteiger partial charge is 0.289 e. The highest BCUT2D eigenvalue weighted by atomic mass is 32.2. The van der Waals surface area contributed by atoms with Gasteiger partial charge in [0.05, 0.1) is 31.0 Å². The van der Waals surface area contributed by atoms with Crippen molar-refractivity contribution >= 4 is 33.5 Å². The molecule has 0 saturated heterocycles. The van der Waals surface area contributed by atoms with Gasteiger partial charge in [0.15, 0.2) is 4.90 Å². The summed E-state index contributed by atoms with van der Waals surface area (Å²) in [4.78, 5) is 23.4. The molecule has 0 fully saturated rings. The van der Waals surface area contributed by atoms with Crippen LogP contribution < -0.4 is 19.2 Å². The zero-order valence-electron chi connectivity index (χ0n) is 24.3. The minimum atomic E-state index is -4.64. The van der Waals surface area contributed by atoms with Crippen molar-refractivity contribution in [1.82, 2.24) is 9.99 Å². The third-order valence-electron chi connectivity index (χ3n) is 6.79. The van der Waals surface area contributed by atoms with Crippen molar-refractivity contribution in [2.75, 3.05) is 25.1 Å². The first-order valence-electron chi connectivity index (χ1n) is 13.0. The molecule has 1 aromatic heterocycles. The van der Waals surface area contributed by atoms with Crippen LogP contribution in [0.4, 0.5) is 11.4 Å². The topological polar surface area (TPSA) is 145 Å². The lowest BCUT2D eigenvalue weighted by Gasteiger charge is -2.25. The number of amides is 1. The van der Waals surface area contributed by atoms with E-state index in [1.165, 1.54) is 50.8 Å². The summed E-state index contributed by atoms with van der Waals surface area (Å²) in [6.07, 6.45) is 1.48. The van der Waals surface area contributed by atoms with E-state index < -0.39 is 38.0 Å². The second kappa shape index (κ2) is 12.8. The van der Waals surface area contributed by atoms with Crippen molar-refractivity contribution in [2.24, 2.45) is 5.10 Å². The van der Waals surface area contributed by atoms with Gasteiger partial charge in [-0.1, -0.05) is 30.3 Å². The van der Waals surface area contributed by atoms with E-state index in [1.54, 1.807) is 0 Å². The average Bonchev–Trinajstić information content (AvgIpc) is 3.27. The lowest BCUT2D eigenvalue weighted by atomic mass is 10.2. The third kappa shape index (κ3) is 6.36. The molecule has 1 heterocycles. The molecule has 1 amide bonds. The van der Waals surface area contributed by atoms with Crippen LogP contribution in [0.15, 0.2) is 82.8 Å². The Kier molecular flexibility index (Phi) is 9.15. The monoisotopic (exact) mass is 605 g/mol. The van der Waals surface area contributed by atoms with Crippen LogP contribution >= 0.6 is 0 Å². The maximum absolute atomic E-state index is 13.9. The lowest BCUT2D eigenvalue weighted by molar-refractivity contribution is -0.387. The number of aryl methyl sites for hydroxylation is 2. The highest BCUT2D eigenvalue weighted by molar-refractivity contribution is 7.93. The summed E-state index contributed by atoms with van der Waals surface area (Å²) in [6.45, 7) is 5.16. The standard InChI is InChI=1S/C30H31N5O7S/c1-20-10-6-7-11-25(20)34-21(2)16-23(22(34)3)18-31-32-30(36)19-33(26-15-14-24(41-4)17-28(26)42-5)43(39,40)29-13-9-8-12-27(29)35(37)38/h6-18H,19H2,1-5H3,(H,32,36). The molecule has 0 atom stereocenters. The minimum Gasteiger partial charge on any atom is -0.497 e. The molecule has 0 saturated carbocycles. The number of para-hydroxylation sites is 2. The van der Waals surface area contributed by atoms with E-state index in [9.17, 15) is 23.3 Å². The summed E-state index contributed by atoms with van der Waals surface area (Å²) in [6, 6.07) is 19.1. The van der Waals surface area contributed by atoms with Gasteiger partial charge in [0, 0.05) is 34.8 Å². The molecule has 0 aliphatic carbocycles. The molecule has 1 N–H and O–H groups in total. The number of benzene rings is 3. The molecule has 0 spiro atoms. The normalized spacial score (nSPS) is 11.4. The molecule has 224 valence electrons. The predicted octanol–water partition coefficient (Wildman–Crippen LogP) is 4.67. The zero-order valence-corrected chi connectivity index (χ0v) is 25.1. The summed E-state index contributed by atoms with van der Waals surface area (Å²) in [5, 5.41) is 15.7. The number of carbonyl (C=O) groups excluding carboxylic acids is 1. The number of hydrogen-bond acceptors (Lipinski definition) is 8. The quantitative estimate of drug-likeness (QED) is 0.149. The van der Waals surface area contributed by atoms with Crippen molar-refractivity contribution < 1.29 is 27.6 Å². The molecular weight excluding hydrogens is 574 g/mol. The zero-order chi connectivity index (χ0) is 31.3. The van der Waals surface area contributed by atoms with Gasteiger partial charge in [0.25, 0.3) is 21.6 Å². The molecule has 4 aromatic rings. The van der Waals surface area contributed by atoms with Crippen molar-refractivity contribution in [3.8, 4) is 17.2 Å². The fourth-order valence-electron chi connectivity index (χ4n) is 4.68. The molecule has 43 heavy (non-hydrogen) atoms. The van der Waals surface area contributed by atoms with Crippen molar-refractivity contribution in [3.05, 3.63) is 105 Å². The molecule has 0 aliphatic heterocycles. The fraction of sp³-hybridized carbons (Fsp3) is 0.200. The molecule has 0 aliphatic rings. The molecule has 13 heteroatoms. The molecule has 0 unspecified atom stereocenters. The van der Waals surface area contributed by atoms with E-state index in [1.807, 2.05) is 51.1 Å². The molecule has 0 bridgehead atoms. The number of aromatic nitrogens is 1. The highest BCUT2D eigenvalue weighted by Crippen LogP contribution is 2.37. The number of nitrogens with one attached hydrogen (secondary N) is 1. The van der Waals surface area contributed by atoms with Crippen molar-refractivity contribution in [2.45, 2.75) is 25.7 Å². The number of hydrazone groups is 1. The number of methoxy groups -OCH3 is 2. The van der Waals surface area contributed by atoms with Crippen molar-refractivity contribution in [1.29, 1.82) is 0 Å². The van der Waals surface area contributed by atoms with E-state index >= 15 is 0 Å². The van der Waals surface area contributed by atoms with Crippen LogP contribution in [-0.4, -0.2) is 50.8 Å². The first-order valence-corrected chi connectivity index (χ1v) is 14.5. The summed E-state index contributed by atoms with van der Waals surface area (Å²) >= 11 is 0. The Morgan fingerprint density at radius 3 is 2.40 bits per heavy atom. The van der Waals surface area contributed by atoms with E-state index in [0.29, 0.717) is 5.75 Å². The average molecular weight is 606 g/mol. The van der Waals surface area contributed by atoms with Crippen LogP contribution in [0.5, 0.6) is 11.5 Å².